The Morgan fingerprint density at radius 3 is 2.77 bits per heavy atom. The van der Waals surface area contributed by atoms with E-state index >= 15 is 0 Å². The zero-order chi connectivity index (χ0) is 18.4. The van der Waals surface area contributed by atoms with Crippen molar-refractivity contribution in [3.63, 3.8) is 0 Å². The van der Waals surface area contributed by atoms with Gasteiger partial charge in [-0.05, 0) is 43.3 Å². The highest BCUT2D eigenvalue weighted by molar-refractivity contribution is 7.09. The van der Waals surface area contributed by atoms with Crippen LogP contribution in [-0.4, -0.2) is 22.4 Å². The van der Waals surface area contributed by atoms with Crippen molar-refractivity contribution in [2.75, 3.05) is 6.54 Å². The minimum absolute atomic E-state index is 0.226. The fourth-order valence-corrected chi connectivity index (χ4v) is 2.96. The second kappa shape index (κ2) is 8.53. The average Bonchev–Trinajstić information content (AvgIpc) is 3.09. The number of benzene rings is 1. The zero-order valence-electron chi connectivity index (χ0n) is 14.2. The second-order valence-corrected chi connectivity index (χ2v) is 6.61. The molecule has 26 heavy (non-hydrogen) atoms. The minimum atomic E-state index is -0.361. The van der Waals surface area contributed by atoms with E-state index in [2.05, 4.69) is 15.3 Å². The minimum Gasteiger partial charge on any atom is -0.485 e. The van der Waals surface area contributed by atoms with Gasteiger partial charge in [0.15, 0.2) is 0 Å². The molecule has 0 spiro atoms. The second-order valence-electron chi connectivity index (χ2n) is 5.67. The number of ether oxygens (including phenoxy) is 1. The number of amides is 1. The van der Waals surface area contributed by atoms with Gasteiger partial charge >= 0.3 is 0 Å². The number of hydrogen-bond acceptors (Lipinski definition) is 5. The lowest BCUT2D eigenvalue weighted by molar-refractivity contribution is 0.0954. The molecule has 0 unspecified atom stereocenters. The van der Waals surface area contributed by atoms with Crippen molar-refractivity contribution in [1.29, 1.82) is 0 Å². The summed E-state index contributed by atoms with van der Waals surface area (Å²) in [5.74, 6) is 0.120. The molecule has 0 aliphatic carbocycles. The number of nitrogens with zero attached hydrogens (tertiary/aromatic N) is 2. The molecule has 0 saturated carbocycles. The highest BCUT2D eigenvalue weighted by Crippen LogP contribution is 2.15. The molecule has 2 aromatic heterocycles. The Bertz CT molecular complexity index is 863. The standard InChI is InChI=1S/C19H18FN3O2S/c1-13-2-7-17(10-22-13)25-11-18-23-16(12-26-18)8-9-21-19(24)14-3-5-15(20)6-4-14/h2-7,10,12H,8-9,11H2,1H3,(H,21,24). The molecular formula is C19H18FN3O2S. The topological polar surface area (TPSA) is 64.1 Å². The number of carbonyl (C=O) groups is 1. The summed E-state index contributed by atoms with van der Waals surface area (Å²) >= 11 is 1.52. The number of nitrogens with one attached hydrogen (secondary N) is 1. The first kappa shape index (κ1) is 18.0. The molecule has 0 radical (unpaired) electrons. The molecule has 0 fully saturated rings. The van der Waals surface area contributed by atoms with Crippen molar-refractivity contribution < 1.29 is 13.9 Å². The Morgan fingerprint density at radius 2 is 2.04 bits per heavy atom. The van der Waals surface area contributed by atoms with Crippen molar-refractivity contribution in [2.24, 2.45) is 0 Å². The van der Waals surface area contributed by atoms with Crippen LogP contribution < -0.4 is 10.1 Å². The predicted molar refractivity (Wildman–Crippen MR) is 97.9 cm³/mol. The first-order valence-electron chi connectivity index (χ1n) is 8.12. The number of halogens is 1. The number of pyridine rings is 1. The summed E-state index contributed by atoms with van der Waals surface area (Å²) in [5.41, 5.74) is 2.28. The molecule has 5 nitrogen and oxygen atoms in total. The number of rotatable bonds is 7. The maximum absolute atomic E-state index is 12.9. The van der Waals surface area contributed by atoms with Gasteiger partial charge in [0.05, 0.1) is 11.9 Å². The van der Waals surface area contributed by atoms with Gasteiger partial charge < -0.3 is 10.1 Å². The summed E-state index contributed by atoms with van der Waals surface area (Å²) in [7, 11) is 0. The summed E-state index contributed by atoms with van der Waals surface area (Å²) in [5, 5.41) is 5.62. The van der Waals surface area contributed by atoms with Crippen LogP contribution in [0.4, 0.5) is 4.39 Å². The summed E-state index contributed by atoms with van der Waals surface area (Å²) < 4.78 is 18.5. The molecule has 0 atom stereocenters. The van der Waals surface area contributed by atoms with Gasteiger partial charge in [-0.15, -0.1) is 11.3 Å². The number of thiazole rings is 1. The number of aryl methyl sites for hydroxylation is 1. The molecule has 3 rings (SSSR count). The van der Waals surface area contributed by atoms with Crippen LogP contribution in [0, 0.1) is 12.7 Å². The van der Waals surface area contributed by atoms with E-state index in [4.69, 9.17) is 4.74 Å². The maximum Gasteiger partial charge on any atom is 0.251 e. The van der Waals surface area contributed by atoms with E-state index in [1.165, 1.54) is 35.6 Å². The van der Waals surface area contributed by atoms with Gasteiger partial charge in [-0.3, -0.25) is 9.78 Å². The molecule has 7 heteroatoms. The molecule has 134 valence electrons. The van der Waals surface area contributed by atoms with Crippen LogP contribution in [0.3, 0.4) is 0 Å². The number of carbonyl (C=O) groups excluding carboxylic acids is 1. The van der Waals surface area contributed by atoms with E-state index in [1.54, 1.807) is 6.20 Å². The SMILES string of the molecule is Cc1ccc(OCc2nc(CCNC(=O)c3ccc(F)cc3)cs2)cn1. The highest BCUT2D eigenvalue weighted by atomic mass is 32.1. The molecule has 0 bridgehead atoms. The summed E-state index contributed by atoms with van der Waals surface area (Å²) in [4.78, 5) is 20.6. The predicted octanol–water partition coefficient (Wildman–Crippen LogP) is 3.54. The molecule has 1 aromatic carbocycles. The van der Waals surface area contributed by atoms with Gasteiger partial charge in [0.2, 0.25) is 0 Å². The van der Waals surface area contributed by atoms with E-state index in [9.17, 15) is 9.18 Å². The van der Waals surface area contributed by atoms with Crippen molar-refractivity contribution >= 4 is 17.2 Å². The Labute approximate surface area is 154 Å². The number of aromatic nitrogens is 2. The zero-order valence-corrected chi connectivity index (χ0v) is 15.1. The van der Waals surface area contributed by atoms with Gasteiger partial charge in [0.25, 0.3) is 5.91 Å². The van der Waals surface area contributed by atoms with Crippen LogP contribution in [0.1, 0.15) is 26.8 Å². The van der Waals surface area contributed by atoms with Gasteiger partial charge in [0, 0.05) is 29.6 Å². The molecular weight excluding hydrogens is 353 g/mol. The first-order valence-corrected chi connectivity index (χ1v) is 9.00. The lowest BCUT2D eigenvalue weighted by Crippen LogP contribution is -2.25. The fraction of sp³-hybridized carbons (Fsp3) is 0.211. The molecule has 3 aromatic rings. The molecule has 0 aliphatic heterocycles. The van der Waals surface area contributed by atoms with E-state index < -0.39 is 0 Å². The van der Waals surface area contributed by atoms with E-state index in [0.717, 1.165) is 16.4 Å². The van der Waals surface area contributed by atoms with Crippen LogP contribution in [-0.2, 0) is 13.0 Å². The van der Waals surface area contributed by atoms with Gasteiger partial charge in [0.1, 0.15) is 23.2 Å². The Balaban J connectivity index is 1.44. The normalized spacial score (nSPS) is 10.5. The van der Waals surface area contributed by atoms with Crippen molar-refractivity contribution in [3.05, 3.63) is 75.8 Å². The van der Waals surface area contributed by atoms with Crippen molar-refractivity contribution in [1.82, 2.24) is 15.3 Å². The van der Waals surface area contributed by atoms with Crippen molar-refractivity contribution in [2.45, 2.75) is 20.0 Å². The van der Waals surface area contributed by atoms with Crippen LogP contribution >= 0.6 is 11.3 Å². The summed E-state index contributed by atoms with van der Waals surface area (Å²) in [6, 6.07) is 9.23. The lowest BCUT2D eigenvalue weighted by atomic mass is 10.2. The van der Waals surface area contributed by atoms with Gasteiger partial charge in [-0.25, -0.2) is 9.37 Å². The maximum atomic E-state index is 12.9. The van der Waals surface area contributed by atoms with Crippen molar-refractivity contribution in [3.8, 4) is 5.75 Å². The largest absolute Gasteiger partial charge is 0.485 e. The van der Waals surface area contributed by atoms with E-state index in [-0.39, 0.29) is 11.7 Å². The quantitative estimate of drug-likeness (QED) is 0.690. The third-order valence-electron chi connectivity index (χ3n) is 3.62. The Kier molecular flexibility index (Phi) is 5.91. The molecule has 0 aliphatic rings. The average molecular weight is 371 g/mol. The van der Waals surface area contributed by atoms with E-state index in [0.29, 0.717) is 30.9 Å². The lowest BCUT2D eigenvalue weighted by Gasteiger charge is -2.04. The highest BCUT2D eigenvalue weighted by Gasteiger charge is 2.07. The first-order chi connectivity index (χ1) is 12.6. The van der Waals surface area contributed by atoms with Gasteiger partial charge in [-0.1, -0.05) is 0 Å². The smallest absolute Gasteiger partial charge is 0.251 e. The Morgan fingerprint density at radius 1 is 1.23 bits per heavy atom. The Hall–Kier alpha value is -2.80. The molecule has 1 amide bonds. The van der Waals surface area contributed by atoms with Crippen LogP contribution in [0.5, 0.6) is 5.75 Å². The third kappa shape index (κ3) is 5.10. The molecule has 0 saturated heterocycles. The summed E-state index contributed by atoms with van der Waals surface area (Å²) in [6.07, 6.45) is 2.31. The molecule has 2 heterocycles. The fourth-order valence-electron chi connectivity index (χ4n) is 2.22. The van der Waals surface area contributed by atoms with Crippen LogP contribution in [0.2, 0.25) is 0 Å². The van der Waals surface area contributed by atoms with Crippen LogP contribution in [0.15, 0.2) is 48.0 Å². The monoisotopic (exact) mass is 371 g/mol. The summed E-state index contributed by atoms with van der Waals surface area (Å²) in [6.45, 7) is 2.77. The third-order valence-corrected chi connectivity index (χ3v) is 4.49. The van der Waals surface area contributed by atoms with E-state index in [1.807, 2.05) is 24.4 Å². The number of hydrogen-bond donors (Lipinski definition) is 1. The molecule has 1 N–H and O–H groups in total. The van der Waals surface area contributed by atoms with Crippen LogP contribution in [0.25, 0.3) is 0 Å². The van der Waals surface area contributed by atoms with Gasteiger partial charge in [-0.2, -0.15) is 0 Å².